The van der Waals surface area contributed by atoms with Crippen LogP contribution >= 0.6 is 11.6 Å². The average molecular weight is 385 g/mol. The Hall–Kier alpha value is -2.93. The van der Waals surface area contributed by atoms with Gasteiger partial charge in [-0.15, -0.1) is 0 Å². The number of hydrogen-bond donors (Lipinski definition) is 0. The van der Waals surface area contributed by atoms with Gasteiger partial charge in [0.25, 0.3) is 0 Å². The fourth-order valence-electron chi connectivity index (χ4n) is 2.69. The summed E-state index contributed by atoms with van der Waals surface area (Å²) in [6.45, 7) is 0.0757. The molecule has 138 valence electrons. The lowest BCUT2D eigenvalue weighted by atomic mass is 9.96. The molecule has 0 saturated heterocycles. The summed E-state index contributed by atoms with van der Waals surface area (Å²) in [5.74, 6) is -0.000651. The predicted octanol–water partition coefficient (Wildman–Crippen LogP) is 3.60. The van der Waals surface area contributed by atoms with Gasteiger partial charge in [0.15, 0.2) is 0 Å². The zero-order valence-electron chi connectivity index (χ0n) is 14.4. The van der Waals surface area contributed by atoms with Crippen LogP contribution < -0.4 is 4.74 Å². The summed E-state index contributed by atoms with van der Waals surface area (Å²) < 4.78 is 12.8. The molecule has 0 spiro atoms. The summed E-state index contributed by atoms with van der Waals surface area (Å²) >= 11 is 6.08. The maximum Gasteiger partial charge on any atom is 0.338 e. The number of aromatic nitrogens is 4. The van der Waals surface area contributed by atoms with E-state index in [1.54, 1.807) is 47.5 Å². The van der Waals surface area contributed by atoms with Gasteiger partial charge >= 0.3 is 5.97 Å². The van der Waals surface area contributed by atoms with Crippen LogP contribution in [-0.2, 0) is 11.3 Å². The number of halogens is 1. The van der Waals surface area contributed by atoms with E-state index in [2.05, 4.69) is 15.1 Å². The molecule has 1 saturated carbocycles. The predicted molar refractivity (Wildman–Crippen MR) is 98.0 cm³/mol. The first-order valence-electron chi connectivity index (χ1n) is 8.62. The highest BCUT2D eigenvalue weighted by Crippen LogP contribution is 2.25. The second kappa shape index (κ2) is 7.75. The van der Waals surface area contributed by atoms with E-state index >= 15 is 0 Å². The molecule has 0 N–H and O–H groups in total. The Bertz CT molecular complexity index is 942. The number of benzene rings is 1. The van der Waals surface area contributed by atoms with Crippen molar-refractivity contribution in [2.75, 3.05) is 0 Å². The molecule has 0 radical (unpaired) electrons. The molecular weight excluding hydrogens is 368 g/mol. The summed E-state index contributed by atoms with van der Waals surface area (Å²) in [5.41, 5.74) is 1.87. The topological polar surface area (TPSA) is 79.1 Å². The molecule has 0 amide bonds. The highest BCUT2D eigenvalue weighted by Gasteiger charge is 2.20. The Labute approximate surface area is 160 Å². The number of rotatable bonds is 6. The molecule has 1 aromatic carbocycles. The van der Waals surface area contributed by atoms with Crippen LogP contribution in [-0.4, -0.2) is 31.8 Å². The summed E-state index contributed by atoms with van der Waals surface area (Å²) in [4.78, 5) is 20.5. The molecule has 0 bridgehead atoms. The lowest BCUT2D eigenvalue weighted by Crippen LogP contribution is -2.25. The van der Waals surface area contributed by atoms with Crippen molar-refractivity contribution in [3.05, 3.63) is 65.3 Å². The van der Waals surface area contributed by atoms with E-state index in [1.165, 1.54) is 12.7 Å². The smallest absolute Gasteiger partial charge is 0.338 e. The third-order valence-corrected chi connectivity index (χ3v) is 4.62. The molecule has 8 heteroatoms. The fourth-order valence-corrected chi connectivity index (χ4v) is 2.86. The van der Waals surface area contributed by atoms with Gasteiger partial charge < -0.3 is 9.47 Å². The van der Waals surface area contributed by atoms with Gasteiger partial charge in [0.05, 0.1) is 11.3 Å². The molecule has 0 atom stereocenters. The van der Waals surface area contributed by atoms with E-state index in [4.69, 9.17) is 21.1 Å². The first kappa shape index (κ1) is 17.5. The van der Waals surface area contributed by atoms with Crippen molar-refractivity contribution in [3.8, 4) is 11.6 Å². The van der Waals surface area contributed by atoms with Crippen molar-refractivity contribution >= 4 is 17.6 Å². The Morgan fingerprint density at radius 3 is 2.89 bits per heavy atom. The van der Waals surface area contributed by atoms with Gasteiger partial charge in [0.2, 0.25) is 5.88 Å². The van der Waals surface area contributed by atoms with E-state index in [0.717, 1.165) is 18.4 Å². The van der Waals surface area contributed by atoms with E-state index in [9.17, 15) is 4.79 Å². The van der Waals surface area contributed by atoms with Gasteiger partial charge in [0, 0.05) is 22.8 Å². The van der Waals surface area contributed by atoms with Crippen molar-refractivity contribution < 1.29 is 14.3 Å². The minimum absolute atomic E-state index is 0.0757. The van der Waals surface area contributed by atoms with Crippen LogP contribution in [0.3, 0.4) is 0 Å². The molecule has 0 aliphatic heterocycles. The van der Waals surface area contributed by atoms with Gasteiger partial charge in [-0.3, -0.25) is 0 Å². The van der Waals surface area contributed by atoms with E-state index in [0.29, 0.717) is 22.2 Å². The molecule has 2 heterocycles. The number of carbonyl (C=O) groups excluding carboxylic acids is 1. The van der Waals surface area contributed by atoms with Gasteiger partial charge in [-0.25, -0.2) is 19.4 Å². The first-order chi connectivity index (χ1) is 13.2. The number of carbonyl (C=O) groups is 1. The molecule has 4 rings (SSSR count). The van der Waals surface area contributed by atoms with Crippen LogP contribution in [0.1, 0.15) is 35.2 Å². The maximum absolute atomic E-state index is 12.4. The van der Waals surface area contributed by atoms with Crippen LogP contribution in [0.4, 0.5) is 0 Å². The standard InChI is InChI=1S/C19H17ClN4O3/c20-15-5-4-14(17(9-15)24-12-21-11-23-24)10-26-19(25)13-6-7-22-18(8-13)27-16-2-1-3-16/h4-9,11-12,16H,1-3,10H2. The Balaban J connectivity index is 1.46. The zero-order chi connectivity index (χ0) is 18.6. The van der Waals surface area contributed by atoms with Gasteiger partial charge in [0.1, 0.15) is 25.4 Å². The third kappa shape index (κ3) is 4.09. The summed E-state index contributed by atoms with van der Waals surface area (Å²) in [6, 6.07) is 8.50. The van der Waals surface area contributed by atoms with E-state index in [-0.39, 0.29) is 12.7 Å². The number of ether oxygens (including phenoxy) is 2. The van der Waals surface area contributed by atoms with Crippen LogP contribution in [0.25, 0.3) is 5.69 Å². The third-order valence-electron chi connectivity index (χ3n) is 4.38. The lowest BCUT2D eigenvalue weighted by molar-refractivity contribution is 0.0470. The molecule has 1 fully saturated rings. The quantitative estimate of drug-likeness (QED) is 0.604. The average Bonchev–Trinajstić information content (AvgIpc) is 3.18. The van der Waals surface area contributed by atoms with Gasteiger partial charge in [-0.2, -0.15) is 5.10 Å². The Morgan fingerprint density at radius 1 is 1.26 bits per heavy atom. The van der Waals surface area contributed by atoms with Gasteiger partial charge in [-0.05, 0) is 37.5 Å². The summed E-state index contributed by atoms with van der Waals surface area (Å²) in [7, 11) is 0. The van der Waals surface area contributed by atoms with E-state index < -0.39 is 5.97 Å². The van der Waals surface area contributed by atoms with Crippen molar-refractivity contribution in [1.82, 2.24) is 19.7 Å². The number of pyridine rings is 1. The first-order valence-corrected chi connectivity index (χ1v) is 9.00. The Morgan fingerprint density at radius 2 is 2.15 bits per heavy atom. The monoisotopic (exact) mass is 384 g/mol. The molecule has 1 aliphatic rings. The number of nitrogens with zero attached hydrogens (tertiary/aromatic N) is 4. The number of hydrogen-bond acceptors (Lipinski definition) is 6. The van der Waals surface area contributed by atoms with E-state index in [1.807, 2.05) is 0 Å². The molecule has 27 heavy (non-hydrogen) atoms. The van der Waals surface area contributed by atoms with Crippen LogP contribution in [0.2, 0.25) is 5.02 Å². The normalized spacial score (nSPS) is 13.8. The Kier molecular flexibility index (Phi) is 5.02. The molecule has 0 unspecified atom stereocenters. The molecule has 2 aromatic heterocycles. The largest absolute Gasteiger partial charge is 0.474 e. The zero-order valence-corrected chi connectivity index (χ0v) is 15.2. The van der Waals surface area contributed by atoms with Crippen molar-refractivity contribution in [3.63, 3.8) is 0 Å². The van der Waals surface area contributed by atoms with Crippen molar-refractivity contribution in [1.29, 1.82) is 0 Å². The summed E-state index contributed by atoms with van der Waals surface area (Å²) in [6.07, 6.45) is 7.95. The molecule has 3 aromatic rings. The van der Waals surface area contributed by atoms with Crippen LogP contribution in [0, 0.1) is 0 Å². The fraction of sp³-hybridized carbons (Fsp3) is 0.263. The SMILES string of the molecule is O=C(OCc1ccc(Cl)cc1-n1cncn1)c1ccnc(OC2CCC2)c1. The lowest BCUT2D eigenvalue weighted by Gasteiger charge is -2.25. The van der Waals surface area contributed by atoms with Gasteiger partial charge in [-0.1, -0.05) is 17.7 Å². The highest BCUT2D eigenvalue weighted by atomic mass is 35.5. The minimum atomic E-state index is -0.449. The van der Waals surface area contributed by atoms with Crippen LogP contribution in [0.5, 0.6) is 5.88 Å². The highest BCUT2D eigenvalue weighted by molar-refractivity contribution is 6.30. The second-order valence-electron chi connectivity index (χ2n) is 6.24. The number of esters is 1. The van der Waals surface area contributed by atoms with Crippen LogP contribution in [0.15, 0.2) is 49.2 Å². The minimum Gasteiger partial charge on any atom is -0.474 e. The summed E-state index contributed by atoms with van der Waals surface area (Å²) in [5, 5.41) is 4.67. The van der Waals surface area contributed by atoms with Crippen molar-refractivity contribution in [2.24, 2.45) is 0 Å². The molecular formula is C19H17ClN4O3. The second-order valence-corrected chi connectivity index (χ2v) is 6.68. The van der Waals surface area contributed by atoms with Crippen molar-refractivity contribution in [2.45, 2.75) is 32.0 Å². The molecule has 7 nitrogen and oxygen atoms in total. The molecule has 1 aliphatic carbocycles. The maximum atomic E-state index is 12.4.